The molecule has 0 unspecified atom stereocenters. The minimum atomic E-state index is -0.615. The van der Waals surface area contributed by atoms with Gasteiger partial charge in [0.2, 0.25) is 6.79 Å². The van der Waals surface area contributed by atoms with Gasteiger partial charge in [-0.3, -0.25) is 0 Å². The zero-order valence-corrected chi connectivity index (χ0v) is 11.8. The van der Waals surface area contributed by atoms with E-state index >= 15 is 0 Å². The molecule has 20 heavy (non-hydrogen) atoms. The second-order valence-electron chi connectivity index (χ2n) is 4.26. The molecule has 1 heterocycles. The molecule has 0 fully saturated rings. The third kappa shape index (κ3) is 2.49. The molecule has 2 aromatic rings. The van der Waals surface area contributed by atoms with E-state index in [4.69, 9.17) is 32.7 Å². The van der Waals surface area contributed by atoms with E-state index in [1.54, 1.807) is 0 Å². The lowest BCUT2D eigenvalue weighted by molar-refractivity contribution is 0.173. The van der Waals surface area contributed by atoms with Gasteiger partial charge in [-0.1, -0.05) is 35.3 Å². The minimum Gasteiger partial charge on any atom is -0.454 e. The summed E-state index contributed by atoms with van der Waals surface area (Å²) in [4.78, 5) is 0. The molecule has 0 aliphatic carbocycles. The van der Waals surface area contributed by atoms with Crippen molar-refractivity contribution >= 4 is 28.9 Å². The first-order chi connectivity index (χ1) is 9.65. The van der Waals surface area contributed by atoms with Crippen molar-refractivity contribution in [3.05, 3.63) is 51.8 Å². The first kappa shape index (κ1) is 13.3. The summed E-state index contributed by atoms with van der Waals surface area (Å²) >= 11 is 11.5. The summed E-state index contributed by atoms with van der Waals surface area (Å²) < 4.78 is 24.0. The highest BCUT2D eigenvalue weighted by molar-refractivity contribution is 6.35. The number of anilines is 1. The lowest BCUT2D eigenvalue weighted by Crippen LogP contribution is -2.01. The SMILES string of the molecule is Fc1c(Cl)cc(NCc2cccc3c2OCO3)cc1Cl. The number of ether oxygens (including phenoxy) is 2. The number of benzene rings is 2. The zero-order chi connectivity index (χ0) is 14.1. The third-order valence-electron chi connectivity index (χ3n) is 2.94. The van der Waals surface area contributed by atoms with E-state index in [2.05, 4.69) is 5.32 Å². The Morgan fingerprint density at radius 1 is 1.15 bits per heavy atom. The maximum atomic E-state index is 13.3. The minimum absolute atomic E-state index is 0.0159. The molecule has 0 saturated carbocycles. The second kappa shape index (κ2) is 5.38. The van der Waals surface area contributed by atoms with E-state index in [1.807, 2.05) is 18.2 Å². The van der Waals surface area contributed by atoms with Crippen LogP contribution in [0.2, 0.25) is 10.0 Å². The van der Waals surface area contributed by atoms with Crippen LogP contribution in [0.5, 0.6) is 11.5 Å². The quantitative estimate of drug-likeness (QED) is 0.848. The number of hydrogen-bond donors (Lipinski definition) is 1. The van der Waals surface area contributed by atoms with Crippen LogP contribution in [-0.4, -0.2) is 6.79 Å². The van der Waals surface area contributed by atoms with E-state index in [-0.39, 0.29) is 16.8 Å². The smallest absolute Gasteiger partial charge is 0.231 e. The highest BCUT2D eigenvalue weighted by Gasteiger charge is 2.17. The molecule has 0 amide bonds. The van der Waals surface area contributed by atoms with E-state index in [9.17, 15) is 4.39 Å². The topological polar surface area (TPSA) is 30.5 Å². The Bertz CT molecular complexity index is 641. The Hall–Kier alpha value is -1.65. The van der Waals surface area contributed by atoms with Gasteiger partial charge in [-0.15, -0.1) is 0 Å². The molecule has 3 rings (SSSR count). The fraction of sp³-hybridized carbons (Fsp3) is 0.143. The summed E-state index contributed by atoms with van der Waals surface area (Å²) in [5.41, 5.74) is 1.58. The Labute approximate surface area is 125 Å². The Morgan fingerprint density at radius 3 is 2.65 bits per heavy atom. The van der Waals surface area contributed by atoms with Crippen LogP contribution in [0.25, 0.3) is 0 Å². The van der Waals surface area contributed by atoms with Crippen molar-refractivity contribution in [2.45, 2.75) is 6.54 Å². The molecule has 0 radical (unpaired) electrons. The average Bonchev–Trinajstić information content (AvgIpc) is 2.91. The Balaban J connectivity index is 1.79. The molecule has 104 valence electrons. The molecule has 0 atom stereocenters. The van der Waals surface area contributed by atoms with Gasteiger partial charge < -0.3 is 14.8 Å². The summed E-state index contributed by atoms with van der Waals surface area (Å²) in [6, 6.07) is 8.63. The summed E-state index contributed by atoms with van der Waals surface area (Å²) in [7, 11) is 0. The maximum Gasteiger partial charge on any atom is 0.231 e. The van der Waals surface area contributed by atoms with Gasteiger partial charge in [-0.2, -0.15) is 0 Å². The largest absolute Gasteiger partial charge is 0.454 e. The van der Waals surface area contributed by atoms with E-state index < -0.39 is 5.82 Å². The van der Waals surface area contributed by atoms with Crippen molar-refractivity contribution in [3.8, 4) is 11.5 Å². The van der Waals surface area contributed by atoms with Crippen molar-refractivity contribution in [1.82, 2.24) is 0 Å². The summed E-state index contributed by atoms with van der Waals surface area (Å²) in [6.45, 7) is 0.714. The van der Waals surface area contributed by atoms with Crippen molar-refractivity contribution in [1.29, 1.82) is 0 Å². The standard InChI is InChI=1S/C14H10Cl2FNO2/c15-10-4-9(5-11(16)13(10)17)18-6-8-2-1-3-12-14(8)20-7-19-12/h1-5,18H,6-7H2. The molecule has 0 saturated heterocycles. The molecule has 6 heteroatoms. The summed E-state index contributed by atoms with van der Waals surface area (Å²) in [5, 5.41) is 3.10. The van der Waals surface area contributed by atoms with Crippen LogP contribution in [0, 0.1) is 5.82 Å². The molecule has 3 nitrogen and oxygen atoms in total. The Morgan fingerprint density at radius 2 is 1.90 bits per heavy atom. The number of halogens is 3. The van der Waals surface area contributed by atoms with Crippen molar-refractivity contribution in [2.24, 2.45) is 0 Å². The normalized spacial score (nSPS) is 12.6. The van der Waals surface area contributed by atoms with Gasteiger partial charge in [-0.05, 0) is 18.2 Å². The van der Waals surface area contributed by atoms with Gasteiger partial charge in [0.15, 0.2) is 17.3 Å². The van der Waals surface area contributed by atoms with Gasteiger partial charge in [-0.25, -0.2) is 4.39 Å². The number of rotatable bonds is 3. The second-order valence-corrected chi connectivity index (χ2v) is 5.07. The molecule has 1 aliphatic heterocycles. The highest BCUT2D eigenvalue weighted by Crippen LogP contribution is 2.36. The first-order valence-electron chi connectivity index (χ1n) is 5.91. The van der Waals surface area contributed by atoms with Crippen LogP contribution in [0.15, 0.2) is 30.3 Å². The van der Waals surface area contributed by atoms with Crippen LogP contribution in [-0.2, 0) is 6.54 Å². The zero-order valence-electron chi connectivity index (χ0n) is 10.3. The first-order valence-corrected chi connectivity index (χ1v) is 6.66. The van der Waals surface area contributed by atoms with Crippen molar-refractivity contribution < 1.29 is 13.9 Å². The molecular weight excluding hydrogens is 304 g/mol. The van der Waals surface area contributed by atoms with Crippen LogP contribution in [0.1, 0.15) is 5.56 Å². The van der Waals surface area contributed by atoms with Crippen molar-refractivity contribution in [3.63, 3.8) is 0 Å². The maximum absolute atomic E-state index is 13.3. The molecule has 1 N–H and O–H groups in total. The van der Waals surface area contributed by atoms with Crippen molar-refractivity contribution in [2.75, 3.05) is 12.1 Å². The van der Waals surface area contributed by atoms with E-state index in [0.29, 0.717) is 12.2 Å². The van der Waals surface area contributed by atoms with Gasteiger partial charge in [0, 0.05) is 17.8 Å². The summed E-state index contributed by atoms with van der Waals surface area (Å²) in [6.07, 6.45) is 0. The molecule has 0 aromatic heterocycles. The molecule has 0 bridgehead atoms. The van der Waals surface area contributed by atoms with Gasteiger partial charge >= 0.3 is 0 Å². The van der Waals surface area contributed by atoms with Gasteiger partial charge in [0.1, 0.15) is 0 Å². The summed E-state index contributed by atoms with van der Waals surface area (Å²) in [5.74, 6) is 0.829. The predicted molar refractivity (Wildman–Crippen MR) is 76.3 cm³/mol. The molecular formula is C14H10Cl2FNO2. The number of nitrogens with one attached hydrogen (secondary N) is 1. The lowest BCUT2D eigenvalue weighted by Gasteiger charge is -2.10. The predicted octanol–water partition coefficient (Wildman–Crippen LogP) is 4.47. The third-order valence-corrected chi connectivity index (χ3v) is 3.49. The van der Waals surface area contributed by atoms with Crippen LogP contribution in [0.4, 0.5) is 10.1 Å². The highest BCUT2D eigenvalue weighted by atomic mass is 35.5. The fourth-order valence-electron chi connectivity index (χ4n) is 1.98. The van der Waals surface area contributed by atoms with Gasteiger partial charge in [0.05, 0.1) is 10.0 Å². The van der Waals surface area contributed by atoms with Gasteiger partial charge in [0.25, 0.3) is 0 Å². The Kier molecular flexibility index (Phi) is 3.59. The fourth-order valence-corrected chi connectivity index (χ4v) is 2.47. The van der Waals surface area contributed by atoms with Crippen LogP contribution in [0.3, 0.4) is 0 Å². The molecule has 1 aliphatic rings. The van der Waals surface area contributed by atoms with Crippen LogP contribution < -0.4 is 14.8 Å². The number of para-hydroxylation sites is 1. The average molecular weight is 314 g/mol. The monoisotopic (exact) mass is 313 g/mol. The van der Waals surface area contributed by atoms with E-state index in [1.165, 1.54) is 12.1 Å². The lowest BCUT2D eigenvalue weighted by atomic mass is 10.2. The number of fused-ring (bicyclic) bond motifs is 1. The number of hydrogen-bond acceptors (Lipinski definition) is 3. The molecule has 0 spiro atoms. The molecule has 2 aromatic carbocycles. The van der Waals surface area contributed by atoms with E-state index in [0.717, 1.165) is 17.1 Å². The van der Waals surface area contributed by atoms with Crippen LogP contribution >= 0.6 is 23.2 Å².